The number of rotatable bonds is 4. The smallest absolute Gasteiger partial charge is 0.163 e. The van der Waals surface area contributed by atoms with Crippen LogP contribution in [0.3, 0.4) is 0 Å². The molecule has 5 nitrogen and oxygen atoms in total. The van der Waals surface area contributed by atoms with E-state index >= 15 is 0 Å². The molecule has 0 aliphatic rings. The summed E-state index contributed by atoms with van der Waals surface area (Å²) in [7, 11) is 1.62. The van der Waals surface area contributed by atoms with Gasteiger partial charge in [-0.15, -0.1) is 0 Å². The molecule has 124 valence electrons. The third-order valence-corrected chi connectivity index (χ3v) is 3.93. The molecule has 0 amide bonds. The molecule has 0 aliphatic heterocycles. The fourth-order valence-corrected chi connectivity index (χ4v) is 2.85. The van der Waals surface area contributed by atoms with Crippen LogP contribution >= 0.6 is 0 Å². The van der Waals surface area contributed by atoms with Crippen molar-refractivity contribution in [2.75, 3.05) is 7.11 Å². The van der Waals surface area contributed by atoms with Crippen LogP contribution in [0.2, 0.25) is 0 Å². The van der Waals surface area contributed by atoms with Crippen molar-refractivity contribution >= 4 is 5.65 Å². The number of nitrogens with zero attached hydrogens (tertiary/aromatic N) is 4. The van der Waals surface area contributed by atoms with Gasteiger partial charge in [-0.2, -0.15) is 5.10 Å². The molecule has 0 bridgehead atoms. The zero-order valence-corrected chi connectivity index (χ0v) is 13.6. The third-order valence-electron chi connectivity index (χ3n) is 3.93. The molecule has 0 fully saturated rings. The first-order valence-electron chi connectivity index (χ1n) is 7.81. The van der Waals surface area contributed by atoms with Gasteiger partial charge in [0.15, 0.2) is 5.65 Å². The van der Waals surface area contributed by atoms with Crippen LogP contribution in [-0.2, 0) is 11.3 Å². The molecule has 0 radical (unpaired) electrons. The first-order valence-corrected chi connectivity index (χ1v) is 7.81. The molecule has 25 heavy (non-hydrogen) atoms. The van der Waals surface area contributed by atoms with Crippen molar-refractivity contribution in [2.45, 2.75) is 6.61 Å². The minimum absolute atomic E-state index is 0.282. The third kappa shape index (κ3) is 2.77. The Morgan fingerprint density at radius 1 is 1.00 bits per heavy atom. The fourth-order valence-electron chi connectivity index (χ4n) is 2.85. The number of aromatic nitrogens is 4. The maximum Gasteiger partial charge on any atom is 0.163 e. The van der Waals surface area contributed by atoms with E-state index in [4.69, 9.17) is 4.74 Å². The molecule has 6 heteroatoms. The second-order valence-corrected chi connectivity index (χ2v) is 5.54. The van der Waals surface area contributed by atoms with Crippen LogP contribution in [0, 0.1) is 5.82 Å². The van der Waals surface area contributed by atoms with Crippen LogP contribution in [-0.4, -0.2) is 26.7 Å². The number of halogens is 1. The molecule has 0 atom stereocenters. The Bertz CT molecular complexity index is 1010. The van der Waals surface area contributed by atoms with Gasteiger partial charge in [0.1, 0.15) is 5.82 Å². The maximum atomic E-state index is 13.3. The minimum Gasteiger partial charge on any atom is -0.378 e. The number of methoxy groups -OCH3 is 1. The van der Waals surface area contributed by atoms with E-state index in [0.717, 1.165) is 28.2 Å². The van der Waals surface area contributed by atoms with Crippen molar-refractivity contribution < 1.29 is 9.13 Å². The molecule has 0 N–H and O–H groups in total. The SMILES string of the molecule is COCc1nn2c(-c3ccccn3)ccnc2c1-c1ccc(F)cc1. The van der Waals surface area contributed by atoms with Gasteiger partial charge in [0, 0.05) is 19.5 Å². The van der Waals surface area contributed by atoms with Crippen molar-refractivity contribution in [3.63, 3.8) is 0 Å². The zero-order chi connectivity index (χ0) is 17.2. The average molecular weight is 334 g/mol. The van der Waals surface area contributed by atoms with Crippen molar-refractivity contribution in [2.24, 2.45) is 0 Å². The van der Waals surface area contributed by atoms with Crippen LogP contribution in [0.15, 0.2) is 60.9 Å². The van der Waals surface area contributed by atoms with Crippen LogP contribution in [0.5, 0.6) is 0 Å². The Labute approximate surface area is 143 Å². The van der Waals surface area contributed by atoms with Crippen molar-refractivity contribution in [1.82, 2.24) is 19.6 Å². The summed E-state index contributed by atoms with van der Waals surface area (Å²) in [6.45, 7) is 0.331. The van der Waals surface area contributed by atoms with Crippen molar-refractivity contribution in [3.05, 3.63) is 72.4 Å². The Balaban J connectivity index is 1.99. The summed E-state index contributed by atoms with van der Waals surface area (Å²) >= 11 is 0. The summed E-state index contributed by atoms with van der Waals surface area (Å²) in [6.07, 6.45) is 3.46. The molecule has 0 aliphatic carbocycles. The molecular weight excluding hydrogens is 319 g/mol. The Morgan fingerprint density at radius 3 is 2.56 bits per heavy atom. The summed E-state index contributed by atoms with van der Waals surface area (Å²) in [4.78, 5) is 8.89. The lowest BCUT2D eigenvalue weighted by Crippen LogP contribution is -1.97. The Morgan fingerprint density at radius 2 is 1.84 bits per heavy atom. The average Bonchev–Trinajstić information content (AvgIpc) is 3.01. The van der Waals surface area contributed by atoms with Gasteiger partial charge in [0.05, 0.1) is 29.3 Å². The first-order chi connectivity index (χ1) is 12.3. The Hall–Kier alpha value is -3.12. The molecule has 0 unspecified atom stereocenters. The predicted octanol–water partition coefficient (Wildman–Crippen LogP) is 3.74. The fraction of sp³-hybridized carbons (Fsp3) is 0.105. The Kier molecular flexibility index (Phi) is 3.95. The van der Waals surface area contributed by atoms with Gasteiger partial charge in [0.25, 0.3) is 0 Å². The topological polar surface area (TPSA) is 52.3 Å². The van der Waals surface area contributed by atoms with Gasteiger partial charge >= 0.3 is 0 Å². The first kappa shape index (κ1) is 15.4. The highest BCUT2D eigenvalue weighted by atomic mass is 19.1. The molecule has 1 aromatic carbocycles. The van der Waals surface area contributed by atoms with E-state index < -0.39 is 0 Å². The number of fused-ring (bicyclic) bond motifs is 1. The van der Waals surface area contributed by atoms with Crippen LogP contribution in [0.25, 0.3) is 28.2 Å². The summed E-state index contributed by atoms with van der Waals surface area (Å²) in [5, 5.41) is 4.67. The highest BCUT2D eigenvalue weighted by Crippen LogP contribution is 2.30. The summed E-state index contributed by atoms with van der Waals surface area (Å²) in [6, 6.07) is 13.9. The van der Waals surface area contributed by atoms with Gasteiger partial charge in [-0.25, -0.2) is 13.9 Å². The van der Waals surface area contributed by atoms with Gasteiger partial charge in [-0.3, -0.25) is 4.98 Å². The molecular formula is C19H15FN4O. The van der Waals surface area contributed by atoms with Crippen LogP contribution in [0.1, 0.15) is 5.69 Å². The highest BCUT2D eigenvalue weighted by Gasteiger charge is 2.18. The number of ether oxygens (including phenoxy) is 1. The van der Waals surface area contributed by atoms with Gasteiger partial charge < -0.3 is 4.74 Å². The monoisotopic (exact) mass is 334 g/mol. The van der Waals surface area contributed by atoms with E-state index in [9.17, 15) is 4.39 Å². The van der Waals surface area contributed by atoms with E-state index in [1.165, 1.54) is 12.1 Å². The lowest BCUT2D eigenvalue weighted by atomic mass is 10.1. The van der Waals surface area contributed by atoms with E-state index in [1.807, 2.05) is 24.3 Å². The van der Waals surface area contributed by atoms with E-state index in [-0.39, 0.29) is 5.82 Å². The molecule has 4 aromatic rings. The highest BCUT2D eigenvalue weighted by molar-refractivity contribution is 5.81. The molecule has 4 rings (SSSR count). The molecule has 3 aromatic heterocycles. The second-order valence-electron chi connectivity index (χ2n) is 5.54. The lowest BCUT2D eigenvalue weighted by molar-refractivity contribution is 0.181. The second kappa shape index (κ2) is 6.41. The summed E-state index contributed by atoms with van der Waals surface area (Å²) < 4.78 is 20.4. The quantitative estimate of drug-likeness (QED) is 0.570. The van der Waals surface area contributed by atoms with E-state index in [1.54, 1.807) is 36.2 Å². The van der Waals surface area contributed by atoms with E-state index in [0.29, 0.717) is 12.3 Å². The van der Waals surface area contributed by atoms with Gasteiger partial charge in [-0.1, -0.05) is 18.2 Å². The summed E-state index contributed by atoms with van der Waals surface area (Å²) in [5.41, 5.74) is 4.73. The number of hydrogen-bond donors (Lipinski definition) is 0. The zero-order valence-electron chi connectivity index (χ0n) is 13.6. The van der Waals surface area contributed by atoms with Crippen molar-refractivity contribution in [1.29, 1.82) is 0 Å². The molecule has 0 spiro atoms. The molecule has 0 saturated heterocycles. The number of pyridine rings is 1. The number of benzene rings is 1. The summed E-state index contributed by atoms with van der Waals surface area (Å²) in [5.74, 6) is -0.282. The van der Waals surface area contributed by atoms with Crippen molar-refractivity contribution in [3.8, 4) is 22.5 Å². The standard InChI is InChI=1S/C19H15FN4O/c1-25-12-16-18(13-5-7-14(20)8-6-13)19-22-11-9-17(24(19)23-16)15-4-2-3-10-21-15/h2-11H,12H2,1H3. The largest absolute Gasteiger partial charge is 0.378 e. The van der Waals surface area contributed by atoms with Crippen LogP contribution in [0.4, 0.5) is 4.39 Å². The molecule has 0 saturated carbocycles. The normalized spacial score (nSPS) is 11.1. The molecule has 3 heterocycles. The number of hydrogen-bond acceptors (Lipinski definition) is 4. The maximum absolute atomic E-state index is 13.3. The predicted molar refractivity (Wildman–Crippen MR) is 92.3 cm³/mol. The van der Waals surface area contributed by atoms with Gasteiger partial charge in [0.2, 0.25) is 0 Å². The van der Waals surface area contributed by atoms with Crippen LogP contribution < -0.4 is 0 Å². The minimum atomic E-state index is -0.282. The lowest BCUT2D eigenvalue weighted by Gasteiger charge is -2.04. The van der Waals surface area contributed by atoms with Gasteiger partial charge in [-0.05, 0) is 35.9 Å². The van der Waals surface area contributed by atoms with E-state index in [2.05, 4.69) is 15.1 Å².